The molecular formula is C18H21ClN2OS2. The Hall–Kier alpha value is -1.14. The summed E-state index contributed by atoms with van der Waals surface area (Å²) in [6.45, 7) is 0. The molecule has 0 radical (unpaired) electrons. The maximum absolute atomic E-state index is 12.3. The van der Waals surface area contributed by atoms with Crippen LogP contribution >= 0.6 is 35.9 Å². The van der Waals surface area contributed by atoms with Crippen molar-refractivity contribution in [2.45, 2.75) is 17.0 Å². The fraction of sp³-hybridized carbons (Fsp3) is 0.278. The molecule has 0 bridgehead atoms. The molecule has 3 rings (SSSR count). The predicted octanol–water partition coefficient (Wildman–Crippen LogP) is 4.10. The first-order valence-electron chi connectivity index (χ1n) is 7.66. The number of carbonyl (C=O) groups is 1. The van der Waals surface area contributed by atoms with E-state index in [1.807, 2.05) is 66.0 Å². The molecular weight excluding hydrogens is 360 g/mol. The maximum atomic E-state index is 12.3. The van der Waals surface area contributed by atoms with Crippen LogP contribution in [0, 0.1) is 0 Å². The summed E-state index contributed by atoms with van der Waals surface area (Å²) in [6, 6.07) is 17.4. The number of amides is 1. The van der Waals surface area contributed by atoms with E-state index in [1.54, 1.807) is 0 Å². The summed E-state index contributed by atoms with van der Waals surface area (Å²) in [7, 11) is 0. The van der Waals surface area contributed by atoms with Gasteiger partial charge in [0.2, 0.25) is 5.91 Å². The van der Waals surface area contributed by atoms with Crippen LogP contribution in [0.4, 0.5) is 5.69 Å². The van der Waals surface area contributed by atoms with Crippen LogP contribution in [0.1, 0.15) is 15.7 Å². The highest BCUT2D eigenvalue weighted by atomic mass is 35.5. The van der Waals surface area contributed by atoms with Crippen molar-refractivity contribution < 1.29 is 4.79 Å². The fourth-order valence-electron chi connectivity index (χ4n) is 2.51. The molecule has 24 heavy (non-hydrogen) atoms. The van der Waals surface area contributed by atoms with Gasteiger partial charge in [0.15, 0.2) is 0 Å². The fourth-order valence-corrected chi connectivity index (χ4v) is 5.35. The highest BCUT2D eigenvalue weighted by Gasteiger charge is 2.19. The van der Waals surface area contributed by atoms with E-state index in [4.69, 9.17) is 5.73 Å². The number of anilines is 1. The number of hydrogen-bond acceptors (Lipinski definition) is 4. The zero-order valence-electron chi connectivity index (χ0n) is 13.2. The monoisotopic (exact) mass is 380 g/mol. The second kappa shape index (κ2) is 9.37. The van der Waals surface area contributed by atoms with Crippen molar-refractivity contribution >= 4 is 47.5 Å². The molecule has 0 unspecified atom stereocenters. The minimum Gasteiger partial charge on any atom is -0.325 e. The van der Waals surface area contributed by atoms with Crippen molar-refractivity contribution in [2.75, 3.05) is 16.8 Å². The van der Waals surface area contributed by atoms with Gasteiger partial charge in [-0.05, 0) is 29.7 Å². The van der Waals surface area contributed by atoms with Gasteiger partial charge in [0.25, 0.3) is 0 Å². The summed E-state index contributed by atoms with van der Waals surface area (Å²) in [6.07, 6.45) is 0.542. The lowest BCUT2D eigenvalue weighted by Crippen LogP contribution is -2.37. The van der Waals surface area contributed by atoms with Crippen molar-refractivity contribution in [3.8, 4) is 0 Å². The van der Waals surface area contributed by atoms with Gasteiger partial charge in [0, 0.05) is 17.2 Å². The summed E-state index contributed by atoms with van der Waals surface area (Å²) in [5.74, 6) is 2.24. The molecule has 2 aromatic carbocycles. The molecule has 1 atom stereocenters. The van der Waals surface area contributed by atoms with Crippen LogP contribution in [0.3, 0.4) is 0 Å². The van der Waals surface area contributed by atoms with Crippen LogP contribution in [0.25, 0.3) is 0 Å². The SMILES string of the molecule is Cl.N[C@@H](Cc1ccccc1)C(=O)Nc1cccc(C2SCCS2)c1. The molecule has 0 aliphatic carbocycles. The van der Waals surface area contributed by atoms with Gasteiger partial charge in [-0.3, -0.25) is 4.79 Å². The number of thioether (sulfide) groups is 2. The third-order valence-electron chi connectivity index (χ3n) is 3.68. The molecule has 1 saturated heterocycles. The van der Waals surface area contributed by atoms with Crippen molar-refractivity contribution in [1.29, 1.82) is 0 Å². The Bertz CT molecular complexity index is 663. The largest absolute Gasteiger partial charge is 0.325 e. The number of carbonyl (C=O) groups excluding carboxylic acids is 1. The minimum atomic E-state index is -0.545. The highest BCUT2D eigenvalue weighted by Crippen LogP contribution is 2.45. The number of nitrogens with one attached hydrogen (secondary N) is 1. The van der Waals surface area contributed by atoms with E-state index in [1.165, 1.54) is 17.1 Å². The first-order chi connectivity index (χ1) is 11.2. The van der Waals surface area contributed by atoms with Gasteiger partial charge >= 0.3 is 0 Å². The van der Waals surface area contributed by atoms with Crippen molar-refractivity contribution in [3.63, 3.8) is 0 Å². The topological polar surface area (TPSA) is 55.1 Å². The van der Waals surface area contributed by atoms with E-state index >= 15 is 0 Å². The zero-order valence-corrected chi connectivity index (χ0v) is 15.6. The first-order valence-corrected chi connectivity index (χ1v) is 9.75. The van der Waals surface area contributed by atoms with Crippen LogP contribution < -0.4 is 11.1 Å². The summed E-state index contributed by atoms with van der Waals surface area (Å²) >= 11 is 3.91. The molecule has 128 valence electrons. The summed E-state index contributed by atoms with van der Waals surface area (Å²) < 4.78 is 0.477. The van der Waals surface area contributed by atoms with Gasteiger partial charge in [0.1, 0.15) is 0 Å². The molecule has 2 aromatic rings. The standard InChI is InChI=1S/C18H20N2OS2.ClH/c19-16(11-13-5-2-1-3-6-13)17(21)20-15-8-4-7-14(12-15)18-22-9-10-23-18;/h1-8,12,16,18H,9-11,19H2,(H,20,21);1H/t16-;/m0./s1. The molecule has 3 nitrogen and oxygen atoms in total. The number of halogens is 1. The Morgan fingerprint density at radius 2 is 1.83 bits per heavy atom. The second-order valence-electron chi connectivity index (χ2n) is 5.48. The Morgan fingerprint density at radius 1 is 1.12 bits per heavy atom. The van der Waals surface area contributed by atoms with E-state index in [0.717, 1.165) is 11.3 Å². The molecule has 0 aromatic heterocycles. The van der Waals surface area contributed by atoms with E-state index in [2.05, 4.69) is 17.4 Å². The van der Waals surface area contributed by atoms with Gasteiger partial charge in [-0.2, -0.15) is 0 Å². The molecule has 1 heterocycles. The van der Waals surface area contributed by atoms with Crippen LogP contribution in [0.5, 0.6) is 0 Å². The molecule has 6 heteroatoms. The first kappa shape index (κ1) is 19.2. The highest BCUT2D eigenvalue weighted by molar-refractivity contribution is 8.19. The van der Waals surface area contributed by atoms with Crippen LogP contribution in [-0.2, 0) is 11.2 Å². The van der Waals surface area contributed by atoms with E-state index in [9.17, 15) is 4.79 Å². The Balaban J connectivity index is 0.00000208. The second-order valence-corrected chi connectivity index (χ2v) is 8.21. The van der Waals surface area contributed by atoms with Gasteiger partial charge in [-0.25, -0.2) is 0 Å². The third kappa shape index (κ3) is 5.18. The number of rotatable bonds is 5. The Kier molecular flexibility index (Phi) is 7.49. The molecule has 0 spiro atoms. The van der Waals surface area contributed by atoms with Gasteiger partial charge < -0.3 is 11.1 Å². The molecule has 1 aliphatic heterocycles. The van der Waals surface area contributed by atoms with Gasteiger partial charge in [-0.1, -0.05) is 42.5 Å². The van der Waals surface area contributed by atoms with E-state index in [-0.39, 0.29) is 18.3 Å². The number of hydrogen-bond donors (Lipinski definition) is 2. The summed E-state index contributed by atoms with van der Waals surface area (Å²) in [5, 5.41) is 2.94. The maximum Gasteiger partial charge on any atom is 0.241 e. The Morgan fingerprint density at radius 3 is 2.54 bits per heavy atom. The van der Waals surface area contributed by atoms with E-state index < -0.39 is 6.04 Å². The van der Waals surface area contributed by atoms with Crippen LogP contribution in [0.2, 0.25) is 0 Å². The van der Waals surface area contributed by atoms with Crippen molar-refractivity contribution in [1.82, 2.24) is 0 Å². The molecule has 1 fully saturated rings. The minimum absolute atomic E-state index is 0. The average molecular weight is 381 g/mol. The molecule has 1 aliphatic rings. The quantitative estimate of drug-likeness (QED) is 0.820. The normalized spacial score (nSPS) is 15.5. The van der Waals surface area contributed by atoms with Crippen molar-refractivity contribution in [3.05, 3.63) is 65.7 Å². The number of nitrogens with two attached hydrogens (primary N) is 1. The van der Waals surface area contributed by atoms with E-state index in [0.29, 0.717) is 11.0 Å². The summed E-state index contributed by atoms with van der Waals surface area (Å²) in [5.41, 5.74) is 9.19. The average Bonchev–Trinajstić information content (AvgIpc) is 3.10. The molecule has 3 N–H and O–H groups in total. The third-order valence-corrected chi connectivity index (χ3v) is 6.79. The van der Waals surface area contributed by atoms with Gasteiger partial charge in [-0.15, -0.1) is 35.9 Å². The number of benzene rings is 2. The molecule has 1 amide bonds. The van der Waals surface area contributed by atoms with Crippen LogP contribution in [-0.4, -0.2) is 23.5 Å². The van der Waals surface area contributed by atoms with Crippen LogP contribution in [0.15, 0.2) is 54.6 Å². The molecule has 0 saturated carbocycles. The smallest absolute Gasteiger partial charge is 0.241 e. The lowest BCUT2D eigenvalue weighted by Gasteiger charge is -2.14. The predicted molar refractivity (Wildman–Crippen MR) is 108 cm³/mol. The van der Waals surface area contributed by atoms with Crippen molar-refractivity contribution in [2.24, 2.45) is 5.73 Å². The van der Waals surface area contributed by atoms with Gasteiger partial charge in [0.05, 0.1) is 10.6 Å². The Labute approximate surface area is 157 Å². The lowest BCUT2D eigenvalue weighted by molar-refractivity contribution is -0.117. The zero-order chi connectivity index (χ0) is 16.1. The summed E-state index contributed by atoms with van der Waals surface area (Å²) in [4.78, 5) is 12.3. The lowest BCUT2D eigenvalue weighted by atomic mass is 10.1.